The summed E-state index contributed by atoms with van der Waals surface area (Å²) >= 11 is 0. The van der Waals surface area contributed by atoms with Gasteiger partial charge in [-0.05, 0) is 18.9 Å². The molecule has 0 saturated heterocycles. The lowest BCUT2D eigenvalue weighted by atomic mass is 9.93. The van der Waals surface area contributed by atoms with Gasteiger partial charge in [-0.15, -0.1) is 0 Å². The average Bonchev–Trinajstić information content (AvgIpc) is 2.14. The molecular formula is C12H15F2NO. The van der Waals surface area contributed by atoms with Crippen molar-refractivity contribution in [1.29, 1.82) is 0 Å². The molecular weight excluding hydrogens is 212 g/mol. The second-order valence-corrected chi connectivity index (χ2v) is 4.22. The second-order valence-electron chi connectivity index (χ2n) is 4.22. The molecule has 0 radical (unpaired) electrons. The molecule has 0 amide bonds. The third kappa shape index (κ3) is 2.57. The molecule has 1 aromatic rings. The molecule has 16 heavy (non-hydrogen) atoms. The monoisotopic (exact) mass is 227 g/mol. The van der Waals surface area contributed by atoms with Crippen LogP contribution in [0.1, 0.15) is 30.9 Å². The van der Waals surface area contributed by atoms with Crippen LogP contribution >= 0.6 is 0 Å². The molecule has 0 aromatic heterocycles. The Morgan fingerprint density at radius 3 is 2.69 bits per heavy atom. The lowest BCUT2D eigenvalue weighted by molar-refractivity contribution is 0.157. The Balaban J connectivity index is 1.93. The van der Waals surface area contributed by atoms with Crippen molar-refractivity contribution in [2.75, 3.05) is 6.54 Å². The van der Waals surface area contributed by atoms with Crippen molar-refractivity contribution >= 4 is 0 Å². The van der Waals surface area contributed by atoms with Gasteiger partial charge in [0, 0.05) is 24.2 Å². The minimum absolute atomic E-state index is 0.147. The minimum Gasteiger partial charge on any atom is -0.387 e. The maximum absolute atomic E-state index is 13.3. The first-order chi connectivity index (χ1) is 7.66. The lowest BCUT2D eigenvalue weighted by Gasteiger charge is -2.27. The van der Waals surface area contributed by atoms with Crippen LogP contribution in [-0.2, 0) is 0 Å². The van der Waals surface area contributed by atoms with Gasteiger partial charge in [0.2, 0.25) is 0 Å². The summed E-state index contributed by atoms with van der Waals surface area (Å²) in [5.74, 6) is -1.32. The normalized spacial score (nSPS) is 18.2. The highest BCUT2D eigenvalue weighted by atomic mass is 19.1. The first-order valence-electron chi connectivity index (χ1n) is 5.53. The fourth-order valence-corrected chi connectivity index (χ4v) is 1.77. The zero-order valence-corrected chi connectivity index (χ0v) is 8.92. The van der Waals surface area contributed by atoms with E-state index in [9.17, 15) is 13.9 Å². The predicted octanol–water partition coefficient (Wildman–Crippen LogP) is 2.14. The summed E-state index contributed by atoms with van der Waals surface area (Å²) in [6, 6.07) is 3.68. The van der Waals surface area contributed by atoms with Crippen molar-refractivity contribution in [1.82, 2.24) is 5.32 Å². The number of aliphatic hydroxyl groups is 1. The van der Waals surface area contributed by atoms with Crippen LogP contribution in [0.4, 0.5) is 8.78 Å². The third-order valence-electron chi connectivity index (χ3n) is 3.03. The molecule has 1 aromatic carbocycles. The Labute approximate surface area is 93.3 Å². The minimum atomic E-state index is -0.916. The van der Waals surface area contributed by atoms with Crippen LogP contribution in [0.15, 0.2) is 18.2 Å². The van der Waals surface area contributed by atoms with Crippen LogP contribution in [-0.4, -0.2) is 17.7 Å². The van der Waals surface area contributed by atoms with Gasteiger partial charge in [-0.3, -0.25) is 0 Å². The Kier molecular flexibility index (Phi) is 3.51. The number of halogens is 2. The lowest BCUT2D eigenvalue weighted by Crippen LogP contribution is -2.37. The molecule has 1 fully saturated rings. The Bertz CT molecular complexity index is 366. The fourth-order valence-electron chi connectivity index (χ4n) is 1.77. The molecule has 1 atom stereocenters. The molecule has 1 unspecified atom stereocenters. The van der Waals surface area contributed by atoms with E-state index in [4.69, 9.17) is 0 Å². The highest BCUT2D eigenvalue weighted by Gasteiger charge is 2.19. The van der Waals surface area contributed by atoms with E-state index in [0.29, 0.717) is 12.6 Å². The summed E-state index contributed by atoms with van der Waals surface area (Å²) in [4.78, 5) is 0. The summed E-state index contributed by atoms with van der Waals surface area (Å²) in [6.07, 6.45) is 2.51. The van der Waals surface area contributed by atoms with Crippen LogP contribution in [0.5, 0.6) is 0 Å². The summed E-state index contributed by atoms with van der Waals surface area (Å²) in [5, 5.41) is 12.9. The van der Waals surface area contributed by atoms with Gasteiger partial charge in [-0.2, -0.15) is 0 Å². The van der Waals surface area contributed by atoms with E-state index in [1.807, 2.05) is 0 Å². The van der Waals surface area contributed by atoms with Crippen LogP contribution < -0.4 is 5.32 Å². The molecule has 1 aliphatic rings. The number of benzene rings is 1. The van der Waals surface area contributed by atoms with Gasteiger partial charge in [0.25, 0.3) is 0 Å². The molecule has 0 spiro atoms. The Morgan fingerprint density at radius 2 is 2.12 bits per heavy atom. The molecule has 2 nitrogen and oxygen atoms in total. The smallest absolute Gasteiger partial charge is 0.131 e. The maximum atomic E-state index is 13.3. The molecule has 88 valence electrons. The van der Waals surface area contributed by atoms with E-state index >= 15 is 0 Å². The molecule has 0 bridgehead atoms. The van der Waals surface area contributed by atoms with E-state index < -0.39 is 17.7 Å². The molecule has 1 aliphatic carbocycles. The van der Waals surface area contributed by atoms with Gasteiger partial charge in [0.05, 0.1) is 6.10 Å². The summed E-state index contributed by atoms with van der Waals surface area (Å²) in [5.41, 5.74) is 0.147. The first kappa shape index (κ1) is 11.5. The fraction of sp³-hybridized carbons (Fsp3) is 0.500. The van der Waals surface area contributed by atoms with Crippen molar-refractivity contribution in [2.24, 2.45) is 0 Å². The number of rotatable bonds is 4. The second kappa shape index (κ2) is 4.89. The SMILES string of the molecule is OC(CNC1CCC1)c1ccc(F)cc1F. The van der Waals surface area contributed by atoms with Crippen molar-refractivity contribution in [3.63, 3.8) is 0 Å². The zero-order chi connectivity index (χ0) is 11.5. The first-order valence-corrected chi connectivity index (χ1v) is 5.53. The van der Waals surface area contributed by atoms with Gasteiger partial charge in [-0.1, -0.05) is 12.5 Å². The number of hydrogen-bond donors (Lipinski definition) is 2. The number of aliphatic hydroxyl groups excluding tert-OH is 1. The van der Waals surface area contributed by atoms with Crippen LogP contribution in [0, 0.1) is 11.6 Å². The van der Waals surface area contributed by atoms with Crippen molar-refractivity contribution in [2.45, 2.75) is 31.4 Å². The molecule has 0 aliphatic heterocycles. The number of nitrogens with one attached hydrogen (secondary N) is 1. The van der Waals surface area contributed by atoms with Gasteiger partial charge >= 0.3 is 0 Å². The molecule has 2 rings (SSSR count). The maximum Gasteiger partial charge on any atom is 0.131 e. The summed E-state index contributed by atoms with van der Waals surface area (Å²) in [7, 11) is 0. The van der Waals surface area contributed by atoms with E-state index in [1.54, 1.807) is 0 Å². The highest BCUT2D eigenvalue weighted by Crippen LogP contribution is 2.21. The zero-order valence-electron chi connectivity index (χ0n) is 8.92. The average molecular weight is 227 g/mol. The van der Waals surface area contributed by atoms with Crippen molar-refractivity contribution in [3.8, 4) is 0 Å². The highest BCUT2D eigenvalue weighted by molar-refractivity contribution is 5.21. The Morgan fingerprint density at radius 1 is 1.38 bits per heavy atom. The topological polar surface area (TPSA) is 32.3 Å². The largest absolute Gasteiger partial charge is 0.387 e. The molecule has 1 saturated carbocycles. The quantitative estimate of drug-likeness (QED) is 0.826. The summed E-state index contributed by atoms with van der Waals surface area (Å²) < 4.78 is 25.9. The molecule has 4 heteroatoms. The Hall–Kier alpha value is -1.00. The van der Waals surface area contributed by atoms with Gasteiger partial charge in [0.1, 0.15) is 11.6 Å². The van der Waals surface area contributed by atoms with Crippen LogP contribution in [0.25, 0.3) is 0 Å². The third-order valence-corrected chi connectivity index (χ3v) is 3.03. The van der Waals surface area contributed by atoms with E-state index in [2.05, 4.69) is 5.32 Å². The van der Waals surface area contributed by atoms with Gasteiger partial charge in [0.15, 0.2) is 0 Å². The van der Waals surface area contributed by atoms with Gasteiger partial charge < -0.3 is 10.4 Å². The van der Waals surface area contributed by atoms with Crippen LogP contribution in [0.3, 0.4) is 0 Å². The van der Waals surface area contributed by atoms with Crippen molar-refractivity contribution in [3.05, 3.63) is 35.4 Å². The van der Waals surface area contributed by atoms with Crippen molar-refractivity contribution < 1.29 is 13.9 Å². The van der Waals surface area contributed by atoms with Gasteiger partial charge in [-0.25, -0.2) is 8.78 Å². The van der Waals surface area contributed by atoms with Crippen LogP contribution in [0.2, 0.25) is 0 Å². The number of hydrogen-bond acceptors (Lipinski definition) is 2. The standard InChI is InChI=1S/C12H15F2NO/c13-8-4-5-10(11(14)6-8)12(16)7-15-9-2-1-3-9/h4-6,9,12,15-16H,1-3,7H2. The summed E-state index contributed by atoms with van der Waals surface area (Å²) in [6.45, 7) is 0.313. The predicted molar refractivity (Wildman–Crippen MR) is 57.0 cm³/mol. The van der Waals surface area contributed by atoms with E-state index in [1.165, 1.54) is 12.5 Å². The van der Waals surface area contributed by atoms with E-state index in [0.717, 1.165) is 25.0 Å². The van der Waals surface area contributed by atoms with E-state index in [-0.39, 0.29) is 5.56 Å². The molecule has 2 N–H and O–H groups in total. The molecule has 0 heterocycles.